The Morgan fingerprint density at radius 2 is 1.92 bits per heavy atom. The van der Waals surface area contributed by atoms with Gasteiger partial charge in [0.15, 0.2) is 0 Å². The van der Waals surface area contributed by atoms with Crippen molar-refractivity contribution < 1.29 is 19.4 Å². The number of fused-ring (bicyclic) bond motifs is 1. The Labute approximate surface area is 142 Å². The Bertz CT molecular complexity index is 657. The Morgan fingerprint density at radius 3 is 2.54 bits per heavy atom. The van der Waals surface area contributed by atoms with Gasteiger partial charge in [-0.15, -0.1) is 0 Å². The minimum Gasteiger partial charge on any atom is -0.497 e. The average Bonchev–Trinajstić information content (AvgIpc) is 3.04. The first-order valence-electron chi connectivity index (χ1n) is 8.64. The SMILES string of the molecule is COc1ccc2c(c1)CC(C)N(C(=O)[C@@H]1CC[C@H](C(=O)O)C1)C2C. The molecule has 1 heterocycles. The third-order valence-electron chi connectivity index (χ3n) is 5.59. The Morgan fingerprint density at radius 1 is 1.21 bits per heavy atom. The highest BCUT2D eigenvalue weighted by molar-refractivity contribution is 5.82. The van der Waals surface area contributed by atoms with E-state index in [2.05, 4.69) is 19.9 Å². The van der Waals surface area contributed by atoms with Crippen LogP contribution in [0.3, 0.4) is 0 Å². The fourth-order valence-electron chi connectivity index (χ4n) is 4.29. The predicted molar refractivity (Wildman–Crippen MR) is 89.9 cm³/mol. The molecule has 1 amide bonds. The summed E-state index contributed by atoms with van der Waals surface area (Å²) in [6, 6.07) is 6.14. The van der Waals surface area contributed by atoms with Crippen molar-refractivity contribution in [3.63, 3.8) is 0 Å². The van der Waals surface area contributed by atoms with Gasteiger partial charge in [0, 0.05) is 12.0 Å². The van der Waals surface area contributed by atoms with Crippen LogP contribution in [0.4, 0.5) is 0 Å². The lowest BCUT2D eigenvalue weighted by molar-refractivity contribution is -0.142. The number of carbonyl (C=O) groups is 2. The van der Waals surface area contributed by atoms with Crippen molar-refractivity contribution in [3.8, 4) is 5.75 Å². The van der Waals surface area contributed by atoms with Crippen LogP contribution < -0.4 is 4.74 Å². The van der Waals surface area contributed by atoms with E-state index in [1.807, 2.05) is 17.0 Å². The Kier molecular flexibility index (Phi) is 4.52. The van der Waals surface area contributed by atoms with Gasteiger partial charge in [0.1, 0.15) is 5.75 Å². The van der Waals surface area contributed by atoms with E-state index < -0.39 is 5.97 Å². The molecule has 3 rings (SSSR count). The molecule has 5 nitrogen and oxygen atoms in total. The number of carboxylic acids is 1. The van der Waals surface area contributed by atoms with Gasteiger partial charge in [-0.25, -0.2) is 0 Å². The number of benzene rings is 1. The van der Waals surface area contributed by atoms with Crippen LogP contribution in [0.1, 0.15) is 50.3 Å². The molecule has 0 saturated heterocycles. The summed E-state index contributed by atoms with van der Waals surface area (Å²) in [6.07, 6.45) is 2.56. The summed E-state index contributed by atoms with van der Waals surface area (Å²) in [5, 5.41) is 9.17. The van der Waals surface area contributed by atoms with Crippen LogP contribution in [-0.4, -0.2) is 35.0 Å². The highest BCUT2D eigenvalue weighted by Gasteiger charge is 2.40. The van der Waals surface area contributed by atoms with E-state index in [1.54, 1.807) is 7.11 Å². The first kappa shape index (κ1) is 16.8. The summed E-state index contributed by atoms with van der Waals surface area (Å²) in [5.74, 6) is -0.350. The number of hydrogen-bond donors (Lipinski definition) is 1. The number of amides is 1. The van der Waals surface area contributed by atoms with Gasteiger partial charge >= 0.3 is 5.97 Å². The molecule has 4 atom stereocenters. The lowest BCUT2D eigenvalue weighted by Crippen LogP contribution is -2.47. The zero-order valence-corrected chi connectivity index (χ0v) is 14.5. The second-order valence-corrected chi connectivity index (χ2v) is 7.08. The maximum Gasteiger partial charge on any atom is 0.306 e. The number of hydrogen-bond acceptors (Lipinski definition) is 3. The number of rotatable bonds is 3. The van der Waals surface area contributed by atoms with E-state index in [1.165, 1.54) is 5.56 Å². The summed E-state index contributed by atoms with van der Waals surface area (Å²) < 4.78 is 5.30. The highest BCUT2D eigenvalue weighted by atomic mass is 16.5. The summed E-state index contributed by atoms with van der Waals surface area (Å²) in [5.41, 5.74) is 2.39. The summed E-state index contributed by atoms with van der Waals surface area (Å²) in [6.45, 7) is 4.13. The van der Waals surface area contributed by atoms with Crippen molar-refractivity contribution in [2.24, 2.45) is 11.8 Å². The van der Waals surface area contributed by atoms with Crippen LogP contribution in [-0.2, 0) is 16.0 Å². The summed E-state index contributed by atoms with van der Waals surface area (Å²) in [4.78, 5) is 26.2. The monoisotopic (exact) mass is 331 g/mol. The number of methoxy groups -OCH3 is 1. The smallest absolute Gasteiger partial charge is 0.306 e. The van der Waals surface area contributed by atoms with E-state index in [9.17, 15) is 9.59 Å². The van der Waals surface area contributed by atoms with Crippen LogP contribution in [0.5, 0.6) is 5.75 Å². The van der Waals surface area contributed by atoms with Crippen molar-refractivity contribution in [1.29, 1.82) is 0 Å². The first-order chi connectivity index (χ1) is 11.4. The molecular weight excluding hydrogens is 306 g/mol. The zero-order chi connectivity index (χ0) is 17.4. The van der Waals surface area contributed by atoms with Crippen LogP contribution in [0.2, 0.25) is 0 Å². The maximum atomic E-state index is 13.0. The molecule has 0 spiro atoms. The van der Waals surface area contributed by atoms with Crippen LogP contribution in [0.15, 0.2) is 18.2 Å². The van der Waals surface area contributed by atoms with Crippen molar-refractivity contribution in [2.45, 2.75) is 51.6 Å². The van der Waals surface area contributed by atoms with E-state index in [4.69, 9.17) is 9.84 Å². The van der Waals surface area contributed by atoms with E-state index >= 15 is 0 Å². The second kappa shape index (κ2) is 6.46. The van der Waals surface area contributed by atoms with Gasteiger partial charge in [-0.3, -0.25) is 9.59 Å². The van der Waals surface area contributed by atoms with Crippen LogP contribution in [0, 0.1) is 11.8 Å². The van der Waals surface area contributed by atoms with Crippen molar-refractivity contribution in [3.05, 3.63) is 29.3 Å². The fourth-order valence-corrected chi connectivity index (χ4v) is 4.29. The number of ether oxygens (including phenoxy) is 1. The average molecular weight is 331 g/mol. The normalized spacial score (nSPS) is 29.2. The predicted octanol–water partition coefficient (Wildman–Crippen LogP) is 3.03. The van der Waals surface area contributed by atoms with Gasteiger partial charge in [-0.05, 0) is 62.8 Å². The molecule has 0 aromatic heterocycles. The Hall–Kier alpha value is -2.04. The summed E-state index contributed by atoms with van der Waals surface area (Å²) in [7, 11) is 1.66. The molecule has 1 aromatic rings. The lowest BCUT2D eigenvalue weighted by atomic mass is 9.88. The lowest BCUT2D eigenvalue weighted by Gasteiger charge is -2.41. The minimum atomic E-state index is -0.775. The molecule has 24 heavy (non-hydrogen) atoms. The molecule has 1 fully saturated rings. The highest BCUT2D eigenvalue weighted by Crippen LogP contribution is 2.39. The van der Waals surface area contributed by atoms with Crippen molar-refractivity contribution >= 4 is 11.9 Å². The minimum absolute atomic E-state index is 0.00559. The van der Waals surface area contributed by atoms with Crippen LogP contribution in [0.25, 0.3) is 0 Å². The van der Waals surface area contributed by atoms with Gasteiger partial charge in [-0.1, -0.05) is 6.07 Å². The molecule has 1 aromatic carbocycles. The van der Waals surface area contributed by atoms with E-state index in [0.29, 0.717) is 19.3 Å². The molecular formula is C19H25NO4. The van der Waals surface area contributed by atoms with Crippen molar-refractivity contribution in [2.75, 3.05) is 7.11 Å². The van der Waals surface area contributed by atoms with Gasteiger partial charge in [0.05, 0.1) is 19.1 Å². The van der Waals surface area contributed by atoms with Gasteiger partial charge < -0.3 is 14.7 Å². The largest absolute Gasteiger partial charge is 0.497 e. The number of nitrogens with zero attached hydrogens (tertiary/aromatic N) is 1. The molecule has 0 radical (unpaired) electrons. The van der Waals surface area contributed by atoms with Crippen LogP contribution >= 0.6 is 0 Å². The molecule has 1 aliphatic carbocycles. The van der Waals surface area contributed by atoms with E-state index in [-0.39, 0.29) is 29.8 Å². The molecule has 5 heteroatoms. The molecule has 2 aliphatic rings. The molecule has 0 bridgehead atoms. The zero-order valence-electron chi connectivity index (χ0n) is 14.5. The molecule has 1 aliphatic heterocycles. The number of aliphatic carboxylic acids is 1. The molecule has 130 valence electrons. The number of carboxylic acid groups (broad SMARTS) is 1. The Balaban J connectivity index is 1.81. The molecule has 1 saturated carbocycles. The third-order valence-corrected chi connectivity index (χ3v) is 5.59. The van der Waals surface area contributed by atoms with E-state index in [0.717, 1.165) is 17.7 Å². The maximum absolute atomic E-state index is 13.0. The third kappa shape index (κ3) is 2.87. The fraction of sp³-hybridized carbons (Fsp3) is 0.579. The first-order valence-corrected chi connectivity index (χ1v) is 8.64. The number of carbonyl (C=O) groups excluding carboxylic acids is 1. The van der Waals surface area contributed by atoms with Crippen molar-refractivity contribution in [1.82, 2.24) is 4.90 Å². The molecule has 1 N–H and O–H groups in total. The summed E-state index contributed by atoms with van der Waals surface area (Å²) >= 11 is 0. The second-order valence-electron chi connectivity index (χ2n) is 7.08. The quantitative estimate of drug-likeness (QED) is 0.924. The van der Waals surface area contributed by atoms with Gasteiger partial charge in [-0.2, -0.15) is 0 Å². The van der Waals surface area contributed by atoms with Gasteiger partial charge in [0.2, 0.25) is 5.91 Å². The molecule has 2 unspecified atom stereocenters. The standard InChI is InChI=1S/C19H25NO4/c1-11-8-15-10-16(24-3)6-7-17(15)12(2)20(11)18(21)13-4-5-14(9-13)19(22)23/h6-7,10-14H,4-5,8-9H2,1-3H3,(H,22,23)/t11?,12?,13-,14+/m1/s1. The topological polar surface area (TPSA) is 66.8 Å². The van der Waals surface area contributed by atoms with Gasteiger partial charge in [0.25, 0.3) is 0 Å².